The smallest absolute Gasteiger partial charge is 0.255 e. The Labute approximate surface area is 190 Å². The van der Waals surface area contributed by atoms with Gasteiger partial charge in [-0.1, -0.05) is 12.1 Å². The third-order valence-corrected chi connectivity index (χ3v) is 5.27. The molecule has 33 heavy (non-hydrogen) atoms. The van der Waals surface area contributed by atoms with Gasteiger partial charge in [0, 0.05) is 54.6 Å². The van der Waals surface area contributed by atoms with Gasteiger partial charge in [-0.15, -0.1) is 10.2 Å². The number of nitrogens with zero attached hydrogens (tertiary/aromatic N) is 6. The molecule has 0 saturated heterocycles. The van der Waals surface area contributed by atoms with E-state index in [1.807, 2.05) is 91.8 Å². The maximum Gasteiger partial charge on any atom is 0.255 e. The summed E-state index contributed by atoms with van der Waals surface area (Å²) in [4.78, 5) is 18.7. The summed E-state index contributed by atoms with van der Waals surface area (Å²) in [6.45, 7) is 0. The Hall–Kier alpha value is -4.59. The van der Waals surface area contributed by atoms with Crippen molar-refractivity contribution >= 4 is 22.9 Å². The summed E-state index contributed by atoms with van der Waals surface area (Å²) in [5.41, 5.74) is 5.53. The lowest BCUT2D eigenvalue weighted by Crippen LogP contribution is -2.13. The molecule has 0 aliphatic carbocycles. The Morgan fingerprint density at radius 2 is 1.67 bits per heavy atom. The van der Waals surface area contributed by atoms with Gasteiger partial charge in [0.25, 0.3) is 5.91 Å². The number of anilines is 2. The molecule has 2 aromatic carbocycles. The summed E-state index contributed by atoms with van der Waals surface area (Å²) >= 11 is 0. The normalized spacial score (nSPS) is 10.8. The molecule has 5 rings (SSSR count). The van der Waals surface area contributed by atoms with Crippen LogP contribution < -0.4 is 10.2 Å². The molecule has 5 aromatic rings. The second kappa shape index (κ2) is 8.51. The second-order valence-electron chi connectivity index (χ2n) is 7.73. The van der Waals surface area contributed by atoms with E-state index >= 15 is 0 Å². The van der Waals surface area contributed by atoms with Crippen molar-refractivity contribution in [3.05, 3.63) is 90.8 Å². The number of hydrogen-bond acceptors (Lipinski definition) is 6. The van der Waals surface area contributed by atoms with Gasteiger partial charge in [-0.25, -0.2) is 0 Å². The van der Waals surface area contributed by atoms with Crippen molar-refractivity contribution in [2.45, 2.75) is 0 Å². The van der Waals surface area contributed by atoms with Crippen LogP contribution in [-0.4, -0.2) is 44.8 Å². The first kappa shape index (κ1) is 20.3. The molecular formula is C25H21N7O. The molecule has 162 valence electrons. The topological polar surface area (TPSA) is 88.3 Å². The van der Waals surface area contributed by atoms with Gasteiger partial charge in [-0.2, -0.15) is 9.61 Å². The minimum atomic E-state index is -0.154. The number of hydrogen-bond donors (Lipinski definition) is 1. The maximum atomic E-state index is 12.6. The van der Waals surface area contributed by atoms with Crippen molar-refractivity contribution in [2.24, 2.45) is 0 Å². The fraction of sp³-hybridized carbons (Fsp3) is 0.0800. The van der Waals surface area contributed by atoms with E-state index in [0.717, 1.165) is 22.5 Å². The number of pyridine rings is 1. The average Bonchev–Trinajstić information content (AvgIpc) is 3.28. The summed E-state index contributed by atoms with van der Waals surface area (Å²) in [6.07, 6.45) is 3.45. The molecule has 0 aliphatic heterocycles. The van der Waals surface area contributed by atoms with Crippen LogP contribution in [0.5, 0.6) is 0 Å². The molecule has 8 nitrogen and oxygen atoms in total. The molecule has 0 fully saturated rings. The quantitative estimate of drug-likeness (QED) is 0.446. The van der Waals surface area contributed by atoms with Gasteiger partial charge >= 0.3 is 0 Å². The van der Waals surface area contributed by atoms with Crippen molar-refractivity contribution in [3.63, 3.8) is 0 Å². The van der Waals surface area contributed by atoms with Gasteiger partial charge in [0.05, 0.1) is 5.69 Å². The first-order chi connectivity index (χ1) is 16.1. The molecule has 0 bridgehead atoms. The number of rotatable bonds is 5. The van der Waals surface area contributed by atoms with Crippen LogP contribution in [0.2, 0.25) is 0 Å². The summed E-state index contributed by atoms with van der Waals surface area (Å²) < 4.78 is 1.71. The van der Waals surface area contributed by atoms with E-state index in [4.69, 9.17) is 5.10 Å². The molecule has 1 N–H and O–H groups in total. The first-order valence-corrected chi connectivity index (χ1v) is 10.4. The van der Waals surface area contributed by atoms with E-state index in [1.165, 1.54) is 0 Å². The van der Waals surface area contributed by atoms with Gasteiger partial charge < -0.3 is 10.2 Å². The van der Waals surface area contributed by atoms with Crippen LogP contribution in [-0.2, 0) is 0 Å². The lowest BCUT2D eigenvalue weighted by molar-refractivity contribution is 0.102. The number of amides is 1. The molecule has 3 aromatic heterocycles. The van der Waals surface area contributed by atoms with Crippen molar-refractivity contribution < 1.29 is 4.79 Å². The predicted molar refractivity (Wildman–Crippen MR) is 128 cm³/mol. The number of aromatic nitrogens is 5. The summed E-state index contributed by atoms with van der Waals surface area (Å²) in [5.74, 6) is 0.474. The van der Waals surface area contributed by atoms with Crippen LogP contribution in [0.15, 0.2) is 85.2 Å². The second-order valence-corrected chi connectivity index (χ2v) is 7.73. The van der Waals surface area contributed by atoms with E-state index in [9.17, 15) is 4.79 Å². The van der Waals surface area contributed by atoms with Crippen LogP contribution >= 0.6 is 0 Å². The van der Waals surface area contributed by atoms with Crippen LogP contribution in [0.25, 0.3) is 28.3 Å². The highest BCUT2D eigenvalue weighted by molar-refractivity contribution is 6.04. The zero-order chi connectivity index (χ0) is 22.8. The SMILES string of the molecule is CN(C)c1ccc(C(=O)Nc2ccc(-c3ccc4nnc(-c5cccnc5)n4n3)cc2)cc1. The zero-order valence-corrected chi connectivity index (χ0v) is 18.2. The van der Waals surface area contributed by atoms with E-state index in [1.54, 1.807) is 16.9 Å². The highest BCUT2D eigenvalue weighted by Crippen LogP contribution is 2.23. The van der Waals surface area contributed by atoms with Crippen molar-refractivity contribution in [2.75, 3.05) is 24.3 Å². The van der Waals surface area contributed by atoms with Crippen LogP contribution in [0.3, 0.4) is 0 Å². The minimum Gasteiger partial charge on any atom is -0.378 e. The van der Waals surface area contributed by atoms with Gasteiger partial charge in [-0.3, -0.25) is 9.78 Å². The number of nitrogens with one attached hydrogen (secondary N) is 1. The third kappa shape index (κ3) is 4.14. The molecule has 0 atom stereocenters. The van der Waals surface area contributed by atoms with Crippen LogP contribution in [0.4, 0.5) is 11.4 Å². The fourth-order valence-corrected chi connectivity index (χ4v) is 3.46. The number of fused-ring (bicyclic) bond motifs is 1. The van der Waals surface area contributed by atoms with Gasteiger partial charge in [0.2, 0.25) is 0 Å². The Kier molecular flexibility index (Phi) is 5.24. The van der Waals surface area contributed by atoms with Crippen LogP contribution in [0.1, 0.15) is 10.4 Å². The molecule has 1 amide bonds. The Morgan fingerprint density at radius 3 is 2.36 bits per heavy atom. The fourth-order valence-electron chi connectivity index (χ4n) is 3.46. The van der Waals surface area contributed by atoms with Crippen molar-refractivity contribution in [3.8, 4) is 22.6 Å². The number of carbonyl (C=O) groups excluding carboxylic acids is 1. The highest BCUT2D eigenvalue weighted by Gasteiger charge is 2.11. The van der Waals surface area contributed by atoms with Gasteiger partial charge in [0.1, 0.15) is 0 Å². The Bertz CT molecular complexity index is 1410. The molecule has 0 aliphatic rings. The lowest BCUT2D eigenvalue weighted by Gasteiger charge is -2.12. The molecular weight excluding hydrogens is 414 g/mol. The first-order valence-electron chi connectivity index (χ1n) is 10.4. The maximum absolute atomic E-state index is 12.6. The lowest BCUT2D eigenvalue weighted by atomic mass is 10.1. The molecule has 0 unspecified atom stereocenters. The third-order valence-electron chi connectivity index (χ3n) is 5.27. The monoisotopic (exact) mass is 435 g/mol. The zero-order valence-electron chi connectivity index (χ0n) is 18.2. The molecule has 0 spiro atoms. The summed E-state index contributed by atoms with van der Waals surface area (Å²) in [7, 11) is 3.93. The van der Waals surface area contributed by atoms with Crippen molar-refractivity contribution in [1.29, 1.82) is 0 Å². The van der Waals surface area contributed by atoms with E-state index in [2.05, 4.69) is 20.5 Å². The standard InChI is InChI=1S/C25H21N7O/c1-31(2)21-11-7-18(8-12-21)25(33)27-20-9-5-17(6-10-20)22-13-14-23-28-29-24(32(23)30-22)19-4-3-15-26-16-19/h3-16H,1-2H3,(H,27,33). The molecule has 8 heteroatoms. The highest BCUT2D eigenvalue weighted by atomic mass is 16.1. The Balaban J connectivity index is 1.36. The largest absolute Gasteiger partial charge is 0.378 e. The summed E-state index contributed by atoms with van der Waals surface area (Å²) in [5, 5.41) is 16.1. The minimum absolute atomic E-state index is 0.154. The Morgan fingerprint density at radius 1 is 0.879 bits per heavy atom. The van der Waals surface area contributed by atoms with E-state index in [-0.39, 0.29) is 5.91 Å². The molecule has 3 heterocycles. The summed E-state index contributed by atoms with van der Waals surface area (Å²) in [6, 6.07) is 22.6. The van der Waals surface area contributed by atoms with E-state index < -0.39 is 0 Å². The molecule has 0 radical (unpaired) electrons. The van der Waals surface area contributed by atoms with E-state index in [0.29, 0.717) is 22.7 Å². The number of carbonyl (C=O) groups is 1. The van der Waals surface area contributed by atoms with Crippen LogP contribution in [0, 0.1) is 0 Å². The van der Waals surface area contributed by atoms with Gasteiger partial charge in [0.15, 0.2) is 11.5 Å². The average molecular weight is 435 g/mol. The predicted octanol–water partition coefficient (Wildman–Crippen LogP) is 4.17. The van der Waals surface area contributed by atoms with Gasteiger partial charge in [-0.05, 0) is 60.7 Å². The number of benzene rings is 2. The van der Waals surface area contributed by atoms with Crippen molar-refractivity contribution in [1.82, 2.24) is 24.8 Å². The molecule has 0 saturated carbocycles.